The van der Waals surface area contributed by atoms with Crippen molar-refractivity contribution >= 4 is 0 Å². The molecule has 0 saturated carbocycles. The van der Waals surface area contributed by atoms with Crippen molar-refractivity contribution in [2.75, 3.05) is 0 Å². The van der Waals surface area contributed by atoms with Gasteiger partial charge in [0.05, 0.1) is 0 Å². The summed E-state index contributed by atoms with van der Waals surface area (Å²) >= 11 is 0. The van der Waals surface area contributed by atoms with Crippen LogP contribution in [0.15, 0.2) is 90.5 Å². The third-order valence-electron chi connectivity index (χ3n) is 6.06. The summed E-state index contributed by atoms with van der Waals surface area (Å²) in [4.78, 5) is 0. The van der Waals surface area contributed by atoms with Crippen LogP contribution in [0.3, 0.4) is 0 Å². The first-order valence-electron chi connectivity index (χ1n) is 10.1. The largest absolute Gasteiger partial charge is 0.0847 e. The van der Waals surface area contributed by atoms with Crippen LogP contribution in [0, 0.1) is 0 Å². The van der Waals surface area contributed by atoms with Crippen molar-refractivity contribution in [1.82, 2.24) is 0 Å². The molecule has 0 N–H and O–H groups in total. The molecule has 3 aromatic rings. The molecule has 28 heavy (non-hydrogen) atoms. The van der Waals surface area contributed by atoms with Gasteiger partial charge in [-0.3, -0.25) is 0 Å². The minimum absolute atomic E-state index is 0.0751. The molecule has 0 fully saturated rings. The van der Waals surface area contributed by atoms with E-state index in [4.69, 9.17) is 0 Å². The van der Waals surface area contributed by atoms with Crippen LogP contribution in [0.2, 0.25) is 0 Å². The topological polar surface area (TPSA) is 0 Å². The fraction of sp³-hybridized carbons (Fsp3) is 0.214. The molecule has 0 unspecified atom stereocenters. The summed E-state index contributed by atoms with van der Waals surface area (Å²) in [5, 5.41) is 0. The van der Waals surface area contributed by atoms with Gasteiger partial charge < -0.3 is 0 Å². The van der Waals surface area contributed by atoms with Gasteiger partial charge in [0, 0.05) is 5.41 Å². The molecule has 0 radical (unpaired) electrons. The highest BCUT2D eigenvalue weighted by atomic mass is 14.4. The lowest BCUT2D eigenvalue weighted by Gasteiger charge is -2.21. The summed E-state index contributed by atoms with van der Waals surface area (Å²) in [5.41, 5.74) is 10.9. The lowest BCUT2D eigenvalue weighted by atomic mass is 9.82. The van der Waals surface area contributed by atoms with Crippen LogP contribution in [0.1, 0.15) is 44.4 Å². The second kappa shape index (κ2) is 7.28. The quantitative estimate of drug-likeness (QED) is 0.416. The summed E-state index contributed by atoms with van der Waals surface area (Å²) in [7, 11) is 0. The monoisotopic (exact) mass is 364 g/mol. The second-order valence-electron chi connectivity index (χ2n) is 8.27. The van der Waals surface area contributed by atoms with Crippen LogP contribution < -0.4 is 0 Å². The second-order valence-corrected chi connectivity index (χ2v) is 8.27. The van der Waals surface area contributed by atoms with Gasteiger partial charge in [-0.1, -0.05) is 98.3 Å². The van der Waals surface area contributed by atoms with Crippen molar-refractivity contribution in [3.8, 4) is 22.3 Å². The molecule has 0 amide bonds. The van der Waals surface area contributed by atoms with Crippen LogP contribution in [0.4, 0.5) is 0 Å². The Morgan fingerprint density at radius 2 is 1.50 bits per heavy atom. The van der Waals surface area contributed by atoms with Crippen molar-refractivity contribution in [3.05, 3.63) is 107 Å². The van der Waals surface area contributed by atoms with E-state index in [1.54, 1.807) is 0 Å². The smallest absolute Gasteiger partial charge is 0.0158 e. The minimum atomic E-state index is 0.0751. The molecule has 1 aliphatic rings. The Hall–Kier alpha value is -2.86. The Morgan fingerprint density at radius 1 is 0.821 bits per heavy atom. The van der Waals surface area contributed by atoms with Gasteiger partial charge in [-0.25, -0.2) is 0 Å². The number of fused-ring (bicyclic) bond motifs is 3. The molecule has 3 aromatic carbocycles. The molecule has 0 aromatic heterocycles. The molecule has 4 rings (SSSR count). The van der Waals surface area contributed by atoms with E-state index in [1.165, 1.54) is 44.5 Å². The number of allylic oxidation sites excluding steroid dienone is 4. The lowest BCUT2D eigenvalue weighted by Crippen LogP contribution is -2.14. The zero-order valence-corrected chi connectivity index (χ0v) is 17.3. The summed E-state index contributed by atoms with van der Waals surface area (Å²) in [6.45, 7) is 8.86. The van der Waals surface area contributed by atoms with Crippen molar-refractivity contribution < 1.29 is 0 Å². The highest BCUT2D eigenvalue weighted by Crippen LogP contribution is 2.49. The molecular formula is C28H28. The molecule has 0 atom stereocenters. The molecule has 0 bridgehead atoms. The fourth-order valence-electron chi connectivity index (χ4n) is 4.21. The molecule has 0 heteroatoms. The molecule has 0 saturated heterocycles. The van der Waals surface area contributed by atoms with Crippen LogP contribution >= 0.6 is 0 Å². The van der Waals surface area contributed by atoms with E-state index in [-0.39, 0.29) is 5.41 Å². The van der Waals surface area contributed by atoms with Gasteiger partial charge >= 0.3 is 0 Å². The molecule has 0 heterocycles. The zero-order valence-electron chi connectivity index (χ0n) is 17.3. The summed E-state index contributed by atoms with van der Waals surface area (Å²) in [5.74, 6) is 0. The molecule has 1 aliphatic carbocycles. The Bertz CT molecular complexity index is 1060. The first kappa shape index (κ1) is 18.5. The van der Waals surface area contributed by atoms with E-state index < -0.39 is 0 Å². The first-order valence-corrected chi connectivity index (χ1v) is 10.1. The number of hydrogen-bond acceptors (Lipinski definition) is 0. The number of rotatable bonds is 4. The molecule has 0 spiro atoms. The maximum atomic E-state index is 2.37. The van der Waals surface area contributed by atoms with Gasteiger partial charge in [-0.2, -0.15) is 0 Å². The predicted molar refractivity (Wildman–Crippen MR) is 122 cm³/mol. The Morgan fingerprint density at radius 3 is 2.25 bits per heavy atom. The van der Waals surface area contributed by atoms with Crippen molar-refractivity contribution in [2.45, 2.75) is 39.5 Å². The van der Waals surface area contributed by atoms with E-state index in [0.29, 0.717) is 0 Å². The lowest BCUT2D eigenvalue weighted by molar-refractivity contribution is 0.660. The van der Waals surface area contributed by atoms with Crippen LogP contribution in [-0.2, 0) is 11.8 Å². The van der Waals surface area contributed by atoms with Crippen LogP contribution in [0.25, 0.3) is 22.3 Å². The third kappa shape index (κ3) is 3.24. The standard InChI is InChI=1S/C28H28/c1-5-20(2)9-8-10-21-13-15-22(16-14-21)23-17-18-27-25(19-23)24-11-6-7-12-26(24)28(27,3)4/h5-9,11-19H,10H2,1-4H3. The third-order valence-corrected chi connectivity index (χ3v) is 6.06. The predicted octanol–water partition coefficient (Wildman–Crippen LogP) is 7.72. The van der Waals surface area contributed by atoms with E-state index >= 15 is 0 Å². The van der Waals surface area contributed by atoms with E-state index in [0.717, 1.165) is 6.42 Å². The molecule has 0 nitrogen and oxygen atoms in total. The molecule has 140 valence electrons. The van der Waals surface area contributed by atoms with Crippen LogP contribution in [0.5, 0.6) is 0 Å². The van der Waals surface area contributed by atoms with Gasteiger partial charge in [-0.15, -0.1) is 0 Å². The summed E-state index contributed by atoms with van der Waals surface area (Å²) in [6.07, 6.45) is 7.52. The Kier molecular flexibility index (Phi) is 4.81. The Labute approximate surface area is 169 Å². The maximum absolute atomic E-state index is 2.37. The SMILES string of the molecule is CC=C(C)C=CCc1ccc(-c2ccc3c(c2)-c2ccccc2C3(C)C)cc1. The summed E-state index contributed by atoms with van der Waals surface area (Å²) in [6, 6.07) is 24.8. The van der Waals surface area contributed by atoms with Gasteiger partial charge in [0.1, 0.15) is 0 Å². The summed E-state index contributed by atoms with van der Waals surface area (Å²) < 4.78 is 0. The fourth-order valence-corrected chi connectivity index (χ4v) is 4.21. The van der Waals surface area contributed by atoms with Crippen molar-refractivity contribution in [3.63, 3.8) is 0 Å². The van der Waals surface area contributed by atoms with Gasteiger partial charge in [-0.05, 0) is 65.3 Å². The Balaban J connectivity index is 1.63. The van der Waals surface area contributed by atoms with Crippen molar-refractivity contribution in [2.24, 2.45) is 0 Å². The van der Waals surface area contributed by atoms with Gasteiger partial charge in [0.2, 0.25) is 0 Å². The maximum Gasteiger partial charge on any atom is 0.0158 e. The van der Waals surface area contributed by atoms with Gasteiger partial charge in [0.25, 0.3) is 0 Å². The number of hydrogen-bond donors (Lipinski definition) is 0. The van der Waals surface area contributed by atoms with E-state index in [1.807, 2.05) is 0 Å². The number of benzene rings is 3. The van der Waals surface area contributed by atoms with E-state index in [9.17, 15) is 0 Å². The van der Waals surface area contributed by atoms with Crippen molar-refractivity contribution in [1.29, 1.82) is 0 Å². The average Bonchev–Trinajstić information content (AvgIpc) is 2.95. The average molecular weight is 365 g/mol. The minimum Gasteiger partial charge on any atom is -0.0847 e. The van der Waals surface area contributed by atoms with Crippen LogP contribution in [-0.4, -0.2) is 0 Å². The first-order chi connectivity index (χ1) is 13.5. The highest BCUT2D eigenvalue weighted by molar-refractivity contribution is 5.84. The highest BCUT2D eigenvalue weighted by Gasteiger charge is 2.34. The molecular weight excluding hydrogens is 336 g/mol. The van der Waals surface area contributed by atoms with E-state index in [2.05, 4.69) is 113 Å². The zero-order chi connectivity index (χ0) is 19.7. The normalized spacial score (nSPS) is 14.9. The van der Waals surface area contributed by atoms with Gasteiger partial charge in [0.15, 0.2) is 0 Å². The molecule has 0 aliphatic heterocycles.